The first-order valence-corrected chi connectivity index (χ1v) is 11.5. The van der Waals surface area contributed by atoms with E-state index < -0.39 is 23.8 Å². The van der Waals surface area contributed by atoms with Crippen LogP contribution in [0.5, 0.6) is 0 Å². The van der Waals surface area contributed by atoms with Gasteiger partial charge in [0.25, 0.3) is 11.8 Å². The summed E-state index contributed by atoms with van der Waals surface area (Å²) in [6.45, 7) is 0.757. The molecule has 34 heavy (non-hydrogen) atoms. The van der Waals surface area contributed by atoms with Crippen molar-refractivity contribution in [3.63, 3.8) is 0 Å². The largest absolute Gasteiger partial charge is 0.385 e. The van der Waals surface area contributed by atoms with Gasteiger partial charge < -0.3 is 5.32 Å². The molecule has 172 valence electrons. The minimum atomic E-state index is -0.952. The lowest BCUT2D eigenvalue weighted by Gasteiger charge is -2.36. The molecule has 1 saturated carbocycles. The number of para-hydroxylation sites is 1. The molecule has 3 aromatic rings. The molecular formula is C25H23N5O4. The normalized spacial score (nSPS) is 24.2. The van der Waals surface area contributed by atoms with Gasteiger partial charge in [-0.15, -0.1) is 0 Å². The third-order valence-electron chi connectivity index (χ3n) is 7.10. The SMILES string of the molecule is O=C1CCC(N2C(=O)c3ccc(NCC4CC(n5ncc6ccccc65)C4)cc3C2=O)C(=O)N1. The van der Waals surface area contributed by atoms with Gasteiger partial charge in [-0.3, -0.25) is 34.1 Å². The van der Waals surface area contributed by atoms with E-state index in [0.717, 1.165) is 40.9 Å². The van der Waals surface area contributed by atoms with E-state index in [4.69, 9.17) is 0 Å². The Morgan fingerprint density at radius 3 is 2.62 bits per heavy atom. The second kappa shape index (κ2) is 7.79. The van der Waals surface area contributed by atoms with Crippen molar-refractivity contribution in [1.29, 1.82) is 0 Å². The fraction of sp³-hybridized carbons (Fsp3) is 0.320. The highest BCUT2D eigenvalue weighted by atomic mass is 16.2. The van der Waals surface area contributed by atoms with E-state index >= 15 is 0 Å². The number of hydrogen-bond donors (Lipinski definition) is 2. The maximum atomic E-state index is 13.0. The van der Waals surface area contributed by atoms with Crippen LogP contribution in [0.3, 0.4) is 0 Å². The number of rotatable bonds is 5. The van der Waals surface area contributed by atoms with Crippen molar-refractivity contribution in [3.05, 3.63) is 59.8 Å². The van der Waals surface area contributed by atoms with E-state index in [1.54, 1.807) is 18.2 Å². The molecule has 1 atom stereocenters. The quantitative estimate of drug-likeness (QED) is 0.569. The third kappa shape index (κ3) is 3.27. The Morgan fingerprint density at radius 2 is 1.79 bits per heavy atom. The summed E-state index contributed by atoms with van der Waals surface area (Å²) in [5.41, 5.74) is 2.49. The summed E-state index contributed by atoms with van der Waals surface area (Å²) < 4.78 is 2.11. The van der Waals surface area contributed by atoms with Crippen molar-refractivity contribution in [1.82, 2.24) is 20.0 Å². The Kier molecular flexibility index (Phi) is 4.72. The van der Waals surface area contributed by atoms with Crippen LogP contribution >= 0.6 is 0 Å². The number of carbonyl (C=O) groups excluding carboxylic acids is 4. The molecule has 1 saturated heterocycles. The van der Waals surface area contributed by atoms with Gasteiger partial charge in [0.15, 0.2) is 0 Å². The van der Waals surface area contributed by atoms with Gasteiger partial charge in [-0.2, -0.15) is 5.10 Å². The van der Waals surface area contributed by atoms with Crippen LogP contribution in [0.2, 0.25) is 0 Å². The number of nitrogens with one attached hydrogen (secondary N) is 2. The average molecular weight is 457 g/mol. The third-order valence-corrected chi connectivity index (χ3v) is 7.10. The van der Waals surface area contributed by atoms with Crippen LogP contribution in [0.25, 0.3) is 10.9 Å². The van der Waals surface area contributed by atoms with E-state index in [0.29, 0.717) is 12.0 Å². The summed E-state index contributed by atoms with van der Waals surface area (Å²) >= 11 is 0. The standard InChI is InChI=1S/C25H23N5O4/c31-22-8-7-21(23(32)28-22)29-24(33)18-6-5-16(11-19(18)25(29)34)26-12-14-9-17(10-14)30-20-4-2-1-3-15(20)13-27-30/h1-6,11,13-14,17,21,26H,7-10,12H2,(H,28,31,32). The van der Waals surface area contributed by atoms with Crippen molar-refractivity contribution in [2.75, 3.05) is 11.9 Å². The number of nitrogens with zero attached hydrogens (tertiary/aromatic N) is 3. The fourth-order valence-corrected chi connectivity index (χ4v) is 5.19. The molecule has 2 fully saturated rings. The van der Waals surface area contributed by atoms with Gasteiger partial charge in [-0.25, -0.2) is 0 Å². The number of imide groups is 2. The Labute approximate surface area is 195 Å². The van der Waals surface area contributed by atoms with Gasteiger partial charge in [-0.05, 0) is 49.4 Å². The van der Waals surface area contributed by atoms with Crippen molar-refractivity contribution in [2.45, 2.75) is 37.8 Å². The molecule has 1 aromatic heterocycles. The van der Waals surface area contributed by atoms with Crippen molar-refractivity contribution in [2.24, 2.45) is 5.92 Å². The number of piperidine rings is 1. The highest BCUT2D eigenvalue weighted by Crippen LogP contribution is 2.39. The minimum absolute atomic E-state index is 0.104. The molecule has 0 bridgehead atoms. The first kappa shape index (κ1) is 20.6. The zero-order valence-electron chi connectivity index (χ0n) is 18.4. The summed E-state index contributed by atoms with van der Waals surface area (Å²) in [7, 11) is 0. The topological polar surface area (TPSA) is 113 Å². The van der Waals surface area contributed by atoms with Crippen molar-refractivity contribution in [3.8, 4) is 0 Å². The van der Waals surface area contributed by atoms with Gasteiger partial charge in [-0.1, -0.05) is 18.2 Å². The number of carbonyl (C=O) groups is 4. The summed E-state index contributed by atoms with van der Waals surface area (Å²) in [6.07, 6.45) is 4.19. The van der Waals surface area contributed by atoms with E-state index in [1.165, 1.54) is 0 Å². The predicted octanol–water partition coefficient (Wildman–Crippen LogP) is 2.50. The Bertz CT molecular complexity index is 1360. The highest BCUT2D eigenvalue weighted by Gasteiger charge is 2.44. The van der Waals surface area contributed by atoms with Crippen LogP contribution in [0, 0.1) is 5.92 Å². The van der Waals surface area contributed by atoms with Crippen LogP contribution in [0.15, 0.2) is 48.7 Å². The van der Waals surface area contributed by atoms with Gasteiger partial charge >= 0.3 is 0 Å². The molecular weight excluding hydrogens is 434 g/mol. The number of amides is 4. The fourth-order valence-electron chi connectivity index (χ4n) is 5.19. The van der Waals surface area contributed by atoms with Gasteiger partial charge in [0, 0.05) is 24.0 Å². The molecule has 3 aliphatic rings. The van der Waals surface area contributed by atoms with Crippen LogP contribution < -0.4 is 10.6 Å². The van der Waals surface area contributed by atoms with Crippen LogP contribution in [0.4, 0.5) is 5.69 Å². The molecule has 1 unspecified atom stereocenters. The number of fused-ring (bicyclic) bond motifs is 2. The lowest BCUT2D eigenvalue weighted by Crippen LogP contribution is -2.54. The predicted molar refractivity (Wildman–Crippen MR) is 123 cm³/mol. The van der Waals surface area contributed by atoms with E-state index in [-0.39, 0.29) is 29.9 Å². The minimum Gasteiger partial charge on any atom is -0.385 e. The molecule has 2 N–H and O–H groups in total. The van der Waals surface area contributed by atoms with E-state index in [1.807, 2.05) is 18.3 Å². The summed E-state index contributed by atoms with van der Waals surface area (Å²) in [5, 5.41) is 11.3. The van der Waals surface area contributed by atoms with Crippen molar-refractivity contribution >= 4 is 40.2 Å². The molecule has 4 amide bonds. The number of hydrogen-bond acceptors (Lipinski definition) is 6. The number of benzene rings is 2. The average Bonchev–Trinajstić information content (AvgIpc) is 3.32. The molecule has 9 heteroatoms. The van der Waals surface area contributed by atoms with E-state index in [9.17, 15) is 19.2 Å². The van der Waals surface area contributed by atoms with Gasteiger partial charge in [0.05, 0.1) is 28.9 Å². The smallest absolute Gasteiger partial charge is 0.262 e. The summed E-state index contributed by atoms with van der Waals surface area (Å²) in [4.78, 5) is 50.4. The summed E-state index contributed by atoms with van der Waals surface area (Å²) in [5.74, 6) is -1.49. The van der Waals surface area contributed by atoms with E-state index in [2.05, 4.69) is 32.5 Å². The monoisotopic (exact) mass is 457 g/mol. The second-order valence-corrected chi connectivity index (χ2v) is 9.23. The zero-order valence-corrected chi connectivity index (χ0v) is 18.4. The first-order chi connectivity index (χ1) is 16.5. The maximum absolute atomic E-state index is 13.0. The summed E-state index contributed by atoms with van der Waals surface area (Å²) in [6, 6.07) is 12.7. The van der Waals surface area contributed by atoms with Crippen LogP contribution in [-0.4, -0.2) is 50.9 Å². The zero-order chi connectivity index (χ0) is 23.4. The van der Waals surface area contributed by atoms with Crippen molar-refractivity contribution < 1.29 is 19.2 Å². The molecule has 0 radical (unpaired) electrons. The van der Waals surface area contributed by atoms with Gasteiger partial charge in [0.2, 0.25) is 11.8 Å². The maximum Gasteiger partial charge on any atom is 0.262 e. The molecule has 2 aromatic carbocycles. The van der Waals surface area contributed by atoms with Crippen LogP contribution in [-0.2, 0) is 9.59 Å². The van der Waals surface area contributed by atoms with Gasteiger partial charge in [0.1, 0.15) is 6.04 Å². The Morgan fingerprint density at radius 1 is 1.00 bits per heavy atom. The lowest BCUT2D eigenvalue weighted by molar-refractivity contribution is -0.136. The first-order valence-electron chi connectivity index (χ1n) is 11.5. The number of aromatic nitrogens is 2. The highest BCUT2D eigenvalue weighted by molar-refractivity contribution is 6.23. The molecule has 6 rings (SSSR count). The molecule has 9 nitrogen and oxygen atoms in total. The molecule has 1 aliphatic carbocycles. The lowest BCUT2D eigenvalue weighted by atomic mass is 9.80. The van der Waals surface area contributed by atoms with Crippen LogP contribution in [0.1, 0.15) is 52.4 Å². The number of anilines is 1. The Balaban J connectivity index is 1.10. The Hall–Kier alpha value is -4.01. The molecule has 3 heterocycles. The molecule has 0 spiro atoms. The molecule has 2 aliphatic heterocycles. The second-order valence-electron chi connectivity index (χ2n) is 9.23.